The highest BCUT2D eigenvalue weighted by Gasteiger charge is 2.09. The number of alkyl halides is 1. The predicted octanol–water partition coefficient (Wildman–Crippen LogP) is 0.826. The summed E-state index contributed by atoms with van der Waals surface area (Å²) in [5.41, 5.74) is 2.00. The first kappa shape index (κ1) is 12.5. The lowest BCUT2D eigenvalue weighted by Crippen LogP contribution is -2.25. The number of aryl methyl sites for hydroxylation is 1. The van der Waals surface area contributed by atoms with Gasteiger partial charge in [0.15, 0.2) is 5.82 Å². The van der Waals surface area contributed by atoms with Crippen LogP contribution in [-0.2, 0) is 11.3 Å². The average molecular weight is 266 g/mol. The van der Waals surface area contributed by atoms with Crippen LogP contribution in [0.15, 0.2) is 24.3 Å². The third kappa shape index (κ3) is 2.84. The van der Waals surface area contributed by atoms with Crippen LogP contribution in [0.4, 0.5) is 0 Å². The number of aromatic nitrogens is 4. The lowest BCUT2D eigenvalue weighted by atomic mass is 10.2. The van der Waals surface area contributed by atoms with Crippen molar-refractivity contribution in [1.29, 1.82) is 0 Å². The van der Waals surface area contributed by atoms with Gasteiger partial charge in [0.05, 0.1) is 12.2 Å². The first-order valence-electron chi connectivity index (χ1n) is 5.37. The zero-order valence-electron chi connectivity index (χ0n) is 9.80. The smallest absolute Gasteiger partial charge is 0.235 e. The number of rotatable bonds is 4. The monoisotopic (exact) mass is 265 g/mol. The number of carbonyl (C=O) groups is 1. The first-order chi connectivity index (χ1) is 8.70. The summed E-state index contributed by atoms with van der Waals surface area (Å²) in [5, 5.41) is 14.0. The van der Waals surface area contributed by atoms with Crippen LogP contribution in [-0.4, -0.2) is 32.0 Å². The molecule has 1 heterocycles. The van der Waals surface area contributed by atoms with Crippen LogP contribution >= 0.6 is 11.6 Å². The van der Waals surface area contributed by atoms with Gasteiger partial charge in [-0.15, -0.1) is 16.7 Å². The number of carbonyl (C=O) groups excluding carboxylic acids is 1. The second-order valence-corrected chi connectivity index (χ2v) is 4.02. The molecule has 1 aromatic carbocycles. The van der Waals surface area contributed by atoms with E-state index in [2.05, 4.69) is 20.8 Å². The van der Waals surface area contributed by atoms with Crippen LogP contribution in [0.3, 0.4) is 0 Å². The molecular weight excluding hydrogens is 254 g/mol. The molecule has 0 atom stereocenters. The molecule has 0 radical (unpaired) electrons. The van der Waals surface area contributed by atoms with E-state index in [1.54, 1.807) is 4.68 Å². The number of amides is 1. The van der Waals surface area contributed by atoms with Gasteiger partial charge in [0.1, 0.15) is 5.88 Å². The fourth-order valence-electron chi connectivity index (χ4n) is 1.43. The average Bonchev–Trinajstić information content (AvgIpc) is 2.85. The minimum atomic E-state index is -0.255. The van der Waals surface area contributed by atoms with Crippen LogP contribution in [0.2, 0.25) is 0 Å². The van der Waals surface area contributed by atoms with E-state index in [1.165, 1.54) is 0 Å². The van der Waals surface area contributed by atoms with Crippen molar-refractivity contribution >= 4 is 17.5 Å². The quantitative estimate of drug-likeness (QED) is 0.831. The molecule has 0 fully saturated rings. The van der Waals surface area contributed by atoms with E-state index >= 15 is 0 Å². The topological polar surface area (TPSA) is 72.7 Å². The SMILES string of the molecule is Cc1ccc(-n2nnnc2CNC(=O)CCl)cc1. The Bertz CT molecular complexity index is 537. The van der Waals surface area contributed by atoms with Gasteiger partial charge >= 0.3 is 0 Å². The van der Waals surface area contributed by atoms with Crippen molar-refractivity contribution in [3.8, 4) is 5.69 Å². The Hall–Kier alpha value is -1.95. The summed E-state index contributed by atoms with van der Waals surface area (Å²) in [5.74, 6) is 0.221. The van der Waals surface area contributed by atoms with Crippen molar-refractivity contribution in [3.05, 3.63) is 35.7 Å². The zero-order valence-corrected chi connectivity index (χ0v) is 10.6. The van der Waals surface area contributed by atoms with Gasteiger partial charge in [0.25, 0.3) is 0 Å². The Morgan fingerprint density at radius 3 is 2.78 bits per heavy atom. The molecule has 0 aliphatic heterocycles. The van der Waals surface area contributed by atoms with Gasteiger partial charge in [-0.25, -0.2) is 0 Å². The van der Waals surface area contributed by atoms with Gasteiger partial charge in [-0.3, -0.25) is 4.79 Å². The number of hydrogen-bond donors (Lipinski definition) is 1. The standard InChI is InChI=1S/C11H12ClN5O/c1-8-2-4-9(5-3-8)17-10(14-15-16-17)7-13-11(18)6-12/h2-5H,6-7H2,1H3,(H,13,18). The molecule has 1 amide bonds. The predicted molar refractivity (Wildman–Crippen MR) is 66.5 cm³/mol. The summed E-state index contributed by atoms with van der Waals surface area (Å²) in [7, 11) is 0. The van der Waals surface area contributed by atoms with Crippen LogP contribution < -0.4 is 5.32 Å². The lowest BCUT2D eigenvalue weighted by molar-refractivity contribution is -0.118. The van der Waals surface area contributed by atoms with Crippen molar-refractivity contribution in [2.75, 3.05) is 5.88 Å². The minimum absolute atomic E-state index is 0.0773. The van der Waals surface area contributed by atoms with Crippen LogP contribution in [0.1, 0.15) is 11.4 Å². The summed E-state index contributed by atoms with van der Waals surface area (Å²) >= 11 is 5.40. The Labute approximate surface area is 109 Å². The largest absolute Gasteiger partial charge is 0.348 e. The van der Waals surface area contributed by atoms with E-state index in [-0.39, 0.29) is 18.3 Å². The number of nitrogens with one attached hydrogen (secondary N) is 1. The van der Waals surface area contributed by atoms with Crippen molar-refractivity contribution in [3.63, 3.8) is 0 Å². The van der Waals surface area contributed by atoms with E-state index in [0.29, 0.717) is 5.82 Å². The molecule has 0 spiro atoms. The summed E-state index contributed by atoms with van der Waals surface area (Å²) in [6.07, 6.45) is 0. The molecule has 0 unspecified atom stereocenters. The van der Waals surface area contributed by atoms with Crippen molar-refractivity contribution in [2.45, 2.75) is 13.5 Å². The molecule has 7 heteroatoms. The second kappa shape index (κ2) is 5.59. The van der Waals surface area contributed by atoms with E-state index in [4.69, 9.17) is 11.6 Å². The normalized spacial score (nSPS) is 10.3. The highest BCUT2D eigenvalue weighted by molar-refractivity contribution is 6.27. The second-order valence-electron chi connectivity index (χ2n) is 3.75. The molecule has 0 aliphatic carbocycles. The zero-order chi connectivity index (χ0) is 13.0. The van der Waals surface area contributed by atoms with E-state index in [0.717, 1.165) is 11.3 Å². The Morgan fingerprint density at radius 1 is 1.39 bits per heavy atom. The van der Waals surface area contributed by atoms with Gasteiger partial charge < -0.3 is 5.32 Å². The molecule has 2 rings (SSSR count). The number of hydrogen-bond acceptors (Lipinski definition) is 4. The van der Waals surface area contributed by atoms with Crippen LogP contribution in [0.5, 0.6) is 0 Å². The van der Waals surface area contributed by atoms with Crippen LogP contribution in [0.25, 0.3) is 5.69 Å². The number of tetrazole rings is 1. The molecule has 0 bridgehead atoms. The number of halogens is 1. The van der Waals surface area contributed by atoms with Crippen molar-refractivity contribution < 1.29 is 4.79 Å². The van der Waals surface area contributed by atoms with Crippen LogP contribution in [0, 0.1) is 6.92 Å². The molecule has 94 valence electrons. The fraction of sp³-hybridized carbons (Fsp3) is 0.273. The summed E-state index contributed by atoms with van der Waals surface area (Å²) in [6, 6.07) is 7.77. The molecule has 1 N–H and O–H groups in total. The molecule has 1 aromatic heterocycles. The van der Waals surface area contributed by atoms with Gasteiger partial charge in [-0.1, -0.05) is 17.7 Å². The Morgan fingerprint density at radius 2 is 2.11 bits per heavy atom. The minimum Gasteiger partial charge on any atom is -0.348 e. The number of nitrogens with zero attached hydrogens (tertiary/aromatic N) is 4. The fourth-order valence-corrected chi connectivity index (χ4v) is 1.52. The molecule has 0 aliphatic rings. The van der Waals surface area contributed by atoms with Gasteiger partial charge in [-0.2, -0.15) is 4.68 Å². The first-order valence-corrected chi connectivity index (χ1v) is 5.91. The maximum Gasteiger partial charge on any atom is 0.235 e. The van der Waals surface area contributed by atoms with E-state index < -0.39 is 0 Å². The van der Waals surface area contributed by atoms with Gasteiger partial charge in [0, 0.05) is 0 Å². The summed E-state index contributed by atoms with van der Waals surface area (Å²) < 4.78 is 1.58. The highest BCUT2D eigenvalue weighted by Crippen LogP contribution is 2.09. The van der Waals surface area contributed by atoms with Crippen molar-refractivity contribution in [2.24, 2.45) is 0 Å². The Kier molecular flexibility index (Phi) is 3.88. The maximum absolute atomic E-state index is 11.1. The third-order valence-electron chi connectivity index (χ3n) is 2.38. The molecule has 2 aromatic rings. The van der Waals surface area contributed by atoms with E-state index in [1.807, 2.05) is 31.2 Å². The number of benzene rings is 1. The third-order valence-corrected chi connectivity index (χ3v) is 2.62. The Balaban J connectivity index is 2.17. The van der Waals surface area contributed by atoms with Crippen molar-refractivity contribution in [1.82, 2.24) is 25.5 Å². The summed E-state index contributed by atoms with van der Waals surface area (Å²) in [6.45, 7) is 2.25. The summed E-state index contributed by atoms with van der Waals surface area (Å²) in [4.78, 5) is 11.1. The van der Waals surface area contributed by atoms with E-state index in [9.17, 15) is 4.79 Å². The molecule has 0 saturated heterocycles. The molecular formula is C11H12ClN5O. The molecule has 18 heavy (non-hydrogen) atoms. The highest BCUT2D eigenvalue weighted by atomic mass is 35.5. The lowest BCUT2D eigenvalue weighted by Gasteiger charge is -2.05. The van der Waals surface area contributed by atoms with Gasteiger partial charge in [0.2, 0.25) is 5.91 Å². The molecule has 6 nitrogen and oxygen atoms in total. The van der Waals surface area contributed by atoms with Gasteiger partial charge in [-0.05, 0) is 29.5 Å². The maximum atomic E-state index is 11.1. The molecule has 0 saturated carbocycles.